The molecule has 7 heteroatoms. The summed E-state index contributed by atoms with van der Waals surface area (Å²) in [5, 5.41) is 0. The molecule has 0 rings (SSSR count). The molecule has 2 N–H and O–H groups in total. The minimum atomic E-state index is -0.981. The molecule has 0 unspecified atom stereocenters. The van der Waals surface area contributed by atoms with Gasteiger partial charge in [0.15, 0.2) is 0 Å². The van der Waals surface area contributed by atoms with Crippen molar-refractivity contribution in [2.45, 2.75) is 78.6 Å². The standard InChI is InChI=1S/2C6H19NSi2.Sr.2H/c2*1-8(2,3)7-9(4,5)6;;;/h2*7H,1-6H3;;;. The van der Waals surface area contributed by atoms with E-state index >= 15 is 0 Å². The second-order valence-electron chi connectivity index (χ2n) is 9.25. The third-order valence-electron chi connectivity index (χ3n) is 1.50. The van der Waals surface area contributed by atoms with Crippen LogP contribution in [0.3, 0.4) is 0 Å². The van der Waals surface area contributed by atoms with Gasteiger partial charge < -0.3 is 9.30 Å². The van der Waals surface area contributed by atoms with Gasteiger partial charge in [0.25, 0.3) is 0 Å². The Kier molecular flexibility index (Phi) is 13.0. The van der Waals surface area contributed by atoms with Crippen LogP contribution in [0.4, 0.5) is 0 Å². The third-order valence-corrected chi connectivity index (χ3v) is 13.5. The van der Waals surface area contributed by atoms with Gasteiger partial charge in [-0.1, -0.05) is 78.6 Å². The van der Waals surface area contributed by atoms with E-state index in [1.807, 2.05) is 0 Å². The zero-order chi connectivity index (χ0) is 15.4. The second kappa shape index (κ2) is 9.42. The first-order chi connectivity index (χ1) is 7.41. The molecule has 2 nitrogen and oxygen atoms in total. The first kappa shape index (κ1) is 26.2. The van der Waals surface area contributed by atoms with Gasteiger partial charge in [-0.25, -0.2) is 0 Å². The zero-order valence-corrected chi connectivity index (χ0v) is 19.0. The van der Waals surface area contributed by atoms with Gasteiger partial charge in [0.2, 0.25) is 0 Å². The quantitative estimate of drug-likeness (QED) is 0.690. The summed E-state index contributed by atoms with van der Waals surface area (Å²) in [5.74, 6) is 0. The van der Waals surface area contributed by atoms with Crippen LogP contribution >= 0.6 is 0 Å². The Morgan fingerprint density at radius 1 is 0.368 bits per heavy atom. The Morgan fingerprint density at radius 2 is 0.474 bits per heavy atom. The molecule has 0 saturated heterocycles. The van der Waals surface area contributed by atoms with Crippen LogP contribution in [-0.2, 0) is 0 Å². The molecule has 0 aliphatic rings. The molecule has 116 valence electrons. The van der Waals surface area contributed by atoms with E-state index < -0.39 is 32.9 Å². The molecule has 0 aromatic rings. The number of nitrogens with one attached hydrogen (secondary N) is 2. The first-order valence-electron chi connectivity index (χ1n) is 7.00. The Hall–Kier alpha value is 2.27. The summed E-state index contributed by atoms with van der Waals surface area (Å²) in [5.41, 5.74) is 0. The Balaban J connectivity index is -0.000000256. The van der Waals surface area contributed by atoms with Crippen LogP contribution in [0.5, 0.6) is 0 Å². The molecule has 0 aromatic heterocycles. The van der Waals surface area contributed by atoms with E-state index in [-0.39, 0.29) is 45.5 Å². The molecule has 0 amide bonds. The summed E-state index contributed by atoms with van der Waals surface area (Å²) in [4.78, 5) is 0. The first-order valence-corrected chi connectivity index (χ1v) is 21.0. The van der Waals surface area contributed by atoms with Gasteiger partial charge in [-0.2, -0.15) is 0 Å². The zero-order valence-electron chi connectivity index (χ0n) is 15.0. The van der Waals surface area contributed by atoms with Crippen LogP contribution < -0.4 is 9.30 Å². The van der Waals surface area contributed by atoms with Crippen molar-refractivity contribution in [3.63, 3.8) is 0 Å². The van der Waals surface area contributed by atoms with Crippen molar-refractivity contribution in [1.82, 2.24) is 9.30 Å². The summed E-state index contributed by atoms with van der Waals surface area (Å²) in [6.07, 6.45) is 0. The monoisotopic (exact) mass is 412 g/mol. The second-order valence-corrected chi connectivity index (χ2v) is 29.2. The average Bonchev–Trinajstić information content (AvgIpc) is 1.64. The van der Waals surface area contributed by atoms with Crippen LogP contribution in [0.25, 0.3) is 0 Å². The van der Waals surface area contributed by atoms with Gasteiger partial charge in [-0.05, 0) is 0 Å². The number of hydrogen-bond donors (Lipinski definition) is 2. The van der Waals surface area contributed by atoms with E-state index in [9.17, 15) is 0 Å². The van der Waals surface area contributed by atoms with Gasteiger partial charge in [0.05, 0.1) is 0 Å². The molecule has 0 aliphatic heterocycles. The van der Waals surface area contributed by atoms with E-state index in [0.29, 0.717) is 0 Å². The molecule has 0 heterocycles. The van der Waals surface area contributed by atoms with Crippen molar-refractivity contribution in [2.75, 3.05) is 0 Å². The van der Waals surface area contributed by atoms with E-state index in [4.69, 9.17) is 0 Å². The minimum absolute atomic E-state index is 0. The SMILES string of the molecule is C[Si](C)(C)N[Si](C)(C)C.C[Si](C)(C)N[Si](C)(C)C.[SrH2]. The predicted octanol–water partition coefficient (Wildman–Crippen LogP) is 3.58. The molecule has 19 heavy (non-hydrogen) atoms. The van der Waals surface area contributed by atoms with Crippen molar-refractivity contribution in [3.8, 4) is 0 Å². The molecule has 0 aromatic carbocycles. The molecule has 0 radical (unpaired) electrons. The summed E-state index contributed by atoms with van der Waals surface area (Å²) in [6, 6.07) is 0. The maximum absolute atomic E-state index is 3.74. The summed E-state index contributed by atoms with van der Waals surface area (Å²) >= 11 is 0. The van der Waals surface area contributed by atoms with E-state index in [1.54, 1.807) is 0 Å². The summed E-state index contributed by atoms with van der Waals surface area (Å²) in [7, 11) is -3.92. The van der Waals surface area contributed by atoms with Crippen LogP contribution in [0.2, 0.25) is 78.6 Å². The molecule has 0 saturated carbocycles. The molecule has 0 spiro atoms. The third kappa shape index (κ3) is 33.2. The van der Waals surface area contributed by atoms with Crippen LogP contribution in [0.15, 0.2) is 0 Å². The fraction of sp³-hybridized carbons (Fsp3) is 1.00. The van der Waals surface area contributed by atoms with Crippen molar-refractivity contribution >= 4 is 78.4 Å². The Labute approximate surface area is 164 Å². The van der Waals surface area contributed by atoms with Gasteiger partial charge >= 0.3 is 45.5 Å². The van der Waals surface area contributed by atoms with Crippen LogP contribution in [0.1, 0.15) is 0 Å². The summed E-state index contributed by atoms with van der Waals surface area (Å²) in [6.45, 7) is 28.2. The van der Waals surface area contributed by atoms with Gasteiger partial charge in [0, 0.05) is 0 Å². The molecule has 0 fully saturated rings. The van der Waals surface area contributed by atoms with Gasteiger partial charge in [-0.15, -0.1) is 0 Å². The van der Waals surface area contributed by atoms with Crippen molar-refractivity contribution in [3.05, 3.63) is 0 Å². The Morgan fingerprint density at radius 3 is 0.474 bits per heavy atom. The normalized spacial score (nSPS) is 13.3. The van der Waals surface area contributed by atoms with E-state index in [1.165, 1.54) is 0 Å². The maximum atomic E-state index is 3.74. The van der Waals surface area contributed by atoms with E-state index in [0.717, 1.165) is 0 Å². The van der Waals surface area contributed by atoms with Crippen molar-refractivity contribution in [1.29, 1.82) is 0 Å². The predicted molar refractivity (Wildman–Crippen MR) is 108 cm³/mol. The Bertz CT molecular complexity index is 184. The fourth-order valence-corrected chi connectivity index (χ4v) is 20.2. The summed E-state index contributed by atoms with van der Waals surface area (Å²) < 4.78 is 7.47. The molecule has 0 bridgehead atoms. The van der Waals surface area contributed by atoms with Crippen molar-refractivity contribution < 1.29 is 0 Å². The average molecular weight is 412 g/mol. The van der Waals surface area contributed by atoms with Crippen LogP contribution in [-0.4, -0.2) is 78.4 Å². The molecule has 0 aliphatic carbocycles. The number of rotatable bonds is 4. The molecule has 0 atom stereocenters. The van der Waals surface area contributed by atoms with Crippen molar-refractivity contribution in [2.24, 2.45) is 0 Å². The number of hydrogen-bond acceptors (Lipinski definition) is 2. The van der Waals surface area contributed by atoms with Gasteiger partial charge in [-0.3, -0.25) is 0 Å². The topological polar surface area (TPSA) is 24.1 Å². The van der Waals surface area contributed by atoms with E-state index in [2.05, 4.69) is 87.9 Å². The van der Waals surface area contributed by atoms with Gasteiger partial charge in [0.1, 0.15) is 32.9 Å². The molecular formula is C12H40N2Si4Sr. The fourth-order valence-electron chi connectivity index (χ4n) is 2.25. The van der Waals surface area contributed by atoms with Crippen LogP contribution in [0, 0.1) is 0 Å². The molecular weight excluding hydrogens is 372 g/mol.